The molecule has 0 saturated heterocycles. The molecule has 0 fully saturated rings. The van der Waals surface area contributed by atoms with Crippen LogP contribution in [0.25, 0.3) is 0 Å². The summed E-state index contributed by atoms with van der Waals surface area (Å²) in [6.07, 6.45) is 1.64. The average Bonchev–Trinajstić information content (AvgIpc) is 2.29. The van der Waals surface area contributed by atoms with Crippen LogP contribution in [0.4, 0.5) is 0 Å². The molecule has 1 aromatic carbocycles. The number of rotatable bonds is 3. The van der Waals surface area contributed by atoms with E-state index in [2.05, 4.69) is 9.97 Å². The van der Waals surface area contributed by atoms with Crippen molar-refractivity contribution in [2.75, 3.05) is 0 Å². The minimum Gasteiger partial charge on any atom is -0.424 e. The van der Waals surface area contributed by atoms with Crippen LogP contribution in [0.3, 0.4) is 0 Å². The molecule has 0 atom stereocenters. The van der Waals surface area contributed by atoms with Crippen molar-refractivity contribution in [3.63, 3.8) is 0 Å². The van der Waals surface area contributed by atoms with Crippen LogP contribution in [-0.4, -0.2) is 9.97 Å². The SMILES string of the molecule is Cc1cccc(Oc2nccc(CN)n2)c1. The Morgan fingerprint density at radius 1 is 1.31 bits per heavy atom. The number of nitrogens with two attached hydrogens (primary N) is 1. The summed E-state index contributed by atoms with van der Waals surface area (Å²) >= 11 is 0. The van der Waals surface area contributed by atoms with Crippen LogP contribution in [0.5, 0.6) is 11.8 Å². The zero-order valence-corrected chi connectivity index (χ0v) is 9.05. The summed E-state index contributed by atoms with van der Waals surface area (Å²) in [5, 5.41) is 0. The van der Waals surface area contributed by atoms with Crippen molar-refractivity contribution >= 4 is 0 Å². The lowest BCUT2D eigenvalue weighted by atomic mass is 10.2. The smallest absolute Gasteiger partial charge is 0.322 e. The number of aryl methyl sites for hydroxylation is 1. The van der Waals surface area contributed by atoms with Crippen molar-refractivity contribution in [2.45, 2.75) is 13.5 Å². The van der Waals surface area contributed by atoms with E-state index in [1.165, 1.54) is 0 Å². The Balaban J connectivity index is 2.20. The molecule has 4 nitrogen and oxygen atoms in total. The van der Waals surface area contributed by atoms with E-state index in [9.17, 15) is 0 Å². The Kier molecular flexibility index (Phi) is 3.12. The van der Waals surface area contributed by atoms with Gasteiger partial charge in [-0.25, -0.2) is 4.98 Å². The van der Waals surface area contributed by atoms with Crippen LogP contribution < -0.4 is 10.5 Å². The van der Waals surface area contributed by atoms with E-state index in [-0.39, 0.29) is 0 Å². The fraction of sp³-hybridized carbons (Fsp3) is 0.167. The van der Waals surface area contributed by atoms with Gasteiger partial charge in [-0.05, 0) is 30.7 Å². The molecule has 0 bridgehead atoms. The molecule has 0 radical (unpaired) electrons. The third-order valence-electron chi connectivity index (χ3n) is 2.10. The van der Waals surface area contributed by atoms with E-state index in [0.29, 0.717) is 12.6 Å². The van der Waals surface area contributed by atoms with Crippen LogP contribution >= 0.6 is 0 Å². The number of hydrogen-bond donors (Lipinski definition) is 1. The minimum absolute atomic E-state index is 0.327. The summed E-state index contributed by atoms with van der Waals surface area (Å²) in [6.45, 7) is 2.39. The standard InChI is InChI=1S/C12H13N3O/c1-9-3-2-4-11(7-9)16-12-14-6-5-10(8-13)15-12/h2-7H,8,13H2,1H3. The first-order chi connectivity index (χ1) is 7.78. The maximum Gasteiger partial charge on any atom is 0.322 e. The maximum absolute atomic E-state index is 5.52. The molecule has 1 heterocycles. The maximum atomic E-state index is 5.52. The van der Waals surface area contributed by atoms with Gasteiger partial charge in [-0.15, -0.1) is 0 Å². The highest BCUT2D eigenvalue weighted by molar-refractivity contribution is 5.29. The highest BCUT2D eigenvalue weighted by Gasteiger charge is 2.01. The van der Waals surface area contributed by atoms with Gasteiger partial charge in [0, 0.05) is 12.7 Å². The zero-order valence-electron chi connectivity index (χ0n) is 9.05. The van der Waals surface area contributed by atoms with Crippen LogP contribution in [0, 0.1) is 6.92 Å². The number of nitrogens with zero attached hydrogens (tertiary/aromatic N) is 2. The van der Waals surface area contributed by atoms with Crippen molar-refractivity contribution in [3.05, 3.63) is 47.8 Å². The lowest BCUT2D eigenvalue weighted by Crippen LogP contribution is -2.01. The quantitative estimate of drug-likeness (QED) is 0.851. The fourth-order valence-corrected chi connectivity index (χ4v) is 1.32. The van der Waals surface area contributed by atoms with Gasteiger partial charge in [0.25, 0.3) is 0 Å². The van der Waals surface area contributed by atoms with E-state index in [1.807, 2.05) is 31.2 Å². The second kappa shape index (κ2) is 4.72. The Bertz CT molecular complexity index is 485. The van der Waals surface area contributed by atoms with Crippen LogP contribution in [0.1, 0.15) is 11.3 Å². The predicted octanol–water partition coefficient (Wildman–Crippen LogP) is 2.04. The first kappa shape index (κ1) is 10.6. The first-order valence-corrected chi connectivity index (χ1v) is 5.04. The van der Waals surface area contributed by atoms with E-state index in [1.54, 1.807) is 12.3 Å². The Morgan fingerprint density at radius 2 is 2.19 bits per heavy atom. The highest BCUT2D eigenvalue weighted by Crippen LogP contribution is 2.18. The summed E-state index contributed by atoms with van der Waals surface area (Å²) in [5.74, 6) is 0.731. The minimum atomic E-state index is 0.327. The third kappa shape index (κ3) is 2.55. The summed E-state index contributed by atoms with van der Waals surface area (Å²) in [7, 11) is 0. The van der Waals surface area contributed by atoms with Gasteiger partial charge < -0.3 is 10.5 Å². The molecule has 2 rings (SSSR count). The molecule has 4 heteroatoms. The van der Waals surface area contributed by atoms with Gasteiger partial charge in [0.1, 0.15) is 5.75 Å². The van der Waals surface area contributed by atoms with Gasteiger partial charge in [-0.1, -0.05) is 12.1 Å². The monoisotopic (exact) mass is 215 g/mol. The Morgan fingerprint density at radius 3 is 2.94 bits per heavy atom. The second-order valence-electron chi connectivity index (χ2n) is 3.45. The second-order valence-corrected chi connectivity index (χ2v) is 3.45. The number of benzene rings is 1. The lowest BCUT2D eigenvalue weighted by Gasteiger charge is -2.04. The van der Waals surface area contributed by atoms with Gasteiger partial charge in [-0.3, -0.25) is 0 Å². The van der Waals surface area contributed by atoms with E-state index in [0.717, 1.165) is 17.0 Å². The molecule has 82 valence electrons. The molecule has 0 unspecified atom stereocenters. The Hall–Kier alpha value is -1.94. The topological polar surface area (TPSA) is 61.0 Å². The van der Waals surface area contributed by atoms with Crippen molar-refractivity contribution < 1.29 is 4.74 Å². The number of ether oxygens (including phenoxy) is 1. The summed E-state index contributed by atoms with van der Waals surface area (Å²) in [5.41, 5.74) is 7.38. The molecule has 0 aliphatic carbocycles. The molecule has 0 saturated carbocycles. The summed E-state index contributed by atoms with van der Waals surface area (Å²) in [4.78, 5) is 8.18. The van der Waals surface area contributed by atoms with Gasteiger partial charge in [0.15, 0.2) is 0 Å². The summed E-state index contributed by atoms with van der Waals surface area (Å²) < 4.78 is 5.52. The van der Waals surface area contributed by atoms with E-state index < -0.39 is 0 Å². The molecule has 16 heavy (non-hydrogen) atoms. The lowest BCUT2D eigenvalue weighted by molar-refractivity contribution is 0.439. The van der Waals surface area contributed by atoms with Crippen molar-refractivity contribution in [1.82, 2.24) is 9.97 Å². The van der Waals surface area contributed by atoms with Crippen molar-refractivity contribution in [1.29, 1.82) is 0 Å². The van der Waals surface area contributed by atoms with Crippen LogP contribution in [0.2, 0.25) is 0 Å². The van der Waals surface area contributed by atoms with Gasteiger partial charge in [0.05, 0.1) is 5.69 Å². The van der Waals surface area contributed by atoms with Crippen LogP contribution in [0.15, 0.2) is 36.5 Å². The molecule has 0 aliphatic rings. The zero-order chi connectivity index (χ0) is 11.4. The molecule has 1 aromatic heterocycles. The highest BCUT2D eigenvalue weighted by atomic mass is 16.5. The van der Waals surface area contributed by atoms with Gasteiger partial charge in [-0.2, -0.15) is 4.98 Å². The molecular weight excluding hydrogens is 202 g/mol. The first-order valence-electron chi connectivity index (χ1n) is 5.04. The normalized spacial score (nSPS) is 10.1. The number of aromatic nitrogens is 2. The molecular formula is C12H13N3O. The van der Waals surface area contributed by atoms with Crippen molar-refractivity contribution in [2.24, 2.45) is 5.73 Å². The molecule has 2 N–H and O–H groups in total. The molecule has 0 amide bonds. The predicted molar refractivity (Wildman–Crippen MR) is 61.2 cm³/mol. The molecule has 2 aromatic rings. The largest absolute Gasteiger partial charge is 0.424 e. The molecule has 0 spiro atoms. The third-order valence-corrected chi connectivity index (χ3v) is 2.10. The Labute approximate surface area is 94.1 Å². The van der Waals surface area contributed by atoms with Gasteiger partial charge in [0.2, 0.25) is 0 Å². The van der Waals surface area contributed by atoms with Crippen molar-refractivity contribution in [3.8, 4) is 11.8 Å². The fourth-order valence-electron chi connectivity index (χ4n) is 1.32. The van der Waals surface area contributed by atoms with Crippen LogP contribution in [-0.2, 0) is 6.54 Å². The average molecular weight is 215 g/mol. The van der Waals surface area contributed by atoms with E-state index in [4.69, 9.17) is 10.5 Å². The number of hydrogen-bond acceptors (Lipinski definition) is 4. The summed E-state index contributed by atoms with van der Waals surface area (Å²) in [6, 6.07) is 9.82. The van der Waals surface area contributed by atoms with Gasteiger partial charge >= 0.3 is 6.01 Å². The molecule has 0 aliphatic heterocycles. The van der Waals surface area contributed by atoms with E-state index >= 15 is 0 Å².